The highest BCUT2D eigenvalue weighted by molar-refractivity contribution is 4.62. The SMILES string of the molecule is CN(C)C1OCC(N)CO1. The van der Waals surface area contributed by atoms with E-state index in [1.165, 1.54) is 0 Å². The van der Waals surface area contributed by atoms with Crippen LogP contribution in [0.4, 0.5) is 0 Å². The molecule has 1 aliphatic heterocycles. The van der Waals surface area contributed by atoms with Crippen LogP contribution >= 0.6 is 0 Å². The Hall–Kier alpha value is -0.160. The summed E-state index contributed by atoms with van der Waals surface area (Å²) >= 11 is 0. The Balaban J connectivity index is 2.26. The fourth-order valence-corrected chi connectivity index (χ4v) is 0.806. The normalized spacial score (nSPS) is 34.8. The molecule has 1 heterocycles. The maximum absolute atomic E-state index is 5.53. The van der Waals surface area contributed by atoms with Gasteiger partial charge in [0.15, 0.2) is 0 Å². The van der Waals surface area contributed by atoms with Crippen LogP contribution in [0, 0.1) is 0 Å². The number of hydrogen-bond donors (Lipinski definition) is 1. The molecule has 0 saturated carbocycles. The van der Waals surface area contributed by atoms with Crippen LogP contribution in [0.1, 0.15) is 0 Å². The summed E-state index contributed by atoms with van der Waals surface area (Å²) in [7, 11) is 3.81. The molecule has 0 aromatic carbocycles. The molecule has 0 unspecified atom stereocenters. The third-order valence-corrected chi connectivity index (χ3v) is 1.33. The molecule has 2 N–H and O–H groups in total. The molecule has 0 aliphatic carbocycles. The molecule has 0 bridgehead atoms. The van der Waals surface area contributed by atoms with E-state index < -0.39 is 0 Å². The minimum atomic E-state index is -0.209. The first-order valence-corrected chi connectivity index (χ1v) is 3.35. The van der Waals surface area contributed by atoms with Crippen LogP contribution in [-0.2, 0) is 9.47 Å². The summed E-state index contributed by atoms with van der Waals surface area (Å²) in [5, 5.41) is 0. The molecule has 10 heavy (non-hydrogen) atoms. The van der Waals surface area contributed by atoms with E-state index in [2.05, 4.69) is 0 Å². The van der Waals surface area contributed by atoms with E-state index >= 15 is 0 Å². The topological polar surface area (TPSA) is 47.7 Å². The smallest absolute Gasteiger partial charge is 0.218 e. The average molecular weight is 146 g/mol. The zero-order valence-electron chi connectivity index (χ0n) is 6.41. The maximum Gasteiger partial charge on any atom is 0.218 e. The van der Waals surface area contributed by atoms with E-state index in [0.717, 1.165) is 0 Å². The van der Waals surface area contributed by atoms with Gasteiger partial charge in [-0.1, -0.05) is 0 Å². The number of hydrogen-bond acceptors (Lipinski definition) is 4. The van der Waals surface area contributed by atoms with Gasteiger partial charge in [-0.05, 0) is 14.1 Å². The number of nitrogens with zero attached hydrogens (tertiary/aromatic N) is 1. The molecule has 4 nitrogen and oxygen atoms in total. The molecular formula is C6H14N2O2. The van der Waals surface area contributed by atoms with Crippen LogP contribution in [0.2, 0.25) is 0 Å². The average Bonchev–Trinajstić information content (AvgIpc) is 1.88. The Bertz CT molecular complexity index is 99.9. The predicted molar refractivity (Wildman–Crippen MR) is 37.4 cm³/mol. The fraction of sp³-hybridized carbons (Fsp3) is 1.00. The standard InChI is InChI=1S/C6H14N2O2/c1-8(2)6-9-3-5(7)4-10-6/h5-6H,3-4,7H2,1-2H3. The van der Waals surface area contributed by atoms with E-state index in [1.54, 1.807) is 0 Å². The van der Waals surface area contributed by atoms with Crippen LogP contribution in [0.25, 0.3) is 0 Å². The molecule has 0 atom stereocenters. The van der Waals surface area contributed by atoms with E-state index in [1.807, 2.05) is 19.0 Å². The highest BCUT2D eigenvalue weighted by Crippen LogP contribution is 2.05. The van der Waals surface area contributed by atoms with Gasteiger partial charge in [0.1, 0.15) is 0 Å². The predicted octanol–water partition coefficient (Wildman–Crippen LogP) is -0.794. The molecule has 0 aromatic rings. The Morgan fingerprint density at radius 1 is 1.30 bits per heavy atom. The molecule has 0 radical (unpaired) electrons. The minimum absolute atomic E-state index is 0.0381. The van der Waals surface area contributed by atoms with Gasteiger partial charge in [-0.15, -0.1) is 0 Å². The number of rotatable bonds is 1. The van der Waals surface area contributed by atoms with Crippen molar-refractivity contribution in [2.24, 2.45) is 5.73 Å². The molecule has 4 heteroatoms. The Morgan fingerprint density at radius 3 is 2.20 bits per heavy atom. The second-order valence-electron chi connectivity index (χ2n) is 2.70. The second kappa shape index (κ2) is 3.30. The first-order chi connectivity index (χ1) is 4.70. The molecule has 0 spiro atoms. The van der Waals surface area contributed by atoms with Gasteiger partial charge < -0.3 is 15.2 Å². The maximum atomic E-state index is 5.53. The summed E-state index contributed by atoms with van der Waals surface area (Å²) in [4.78, 5) is 1.87. The van der Waals surface area contributed by atoms with Crippen molar-refractivity contribution in [3.8, 4) is 0 Å². The summed E-state index contributed by atoms with van der Waals surface area (Å²) in [5.41, 5.74) is 5.53. The molecule has 1 fully saturated rings. The molecule has 1 rings (SSSR count). The lowest BCUT2D eigenvalue weighted by molar-refractivity contribution is -0.244. The van der Waals surface area contributed by atoms with Crippen molar-refractivity contribution in [3.63, 3.8) is 0 Å². The molecule has 0 aromatic heterocycles. The Labute approximate surface area is 60.9 Å². The highest BCUT2D eigenvalue weighted by Gasteiger charge is 2.20. The number of ether oxygens (including phenoxy) is 2. The lowest BCUT2D eigenvalue weighted by Gasteiger charge is -2.30. The lowest BCUT2D eigenvalue weighted by Crippen LogP contribution is -2.46. The van der Waals surface area contributed by atoms with Gasteiger partial charge in [0.05, 0.1) is 19.3 Å². The van der Waals surface area contributed by atoms with Crippen LogP contribution in [0.5, 0.6) is 0 Å². The van der Waals surface area contributed by atoms with Gasteiger partial charge in [0.25, 0.3) is 0 Å². The molecular weight excluding hydrogens is 132 g/mol. The van der Waals surface area contributed by atoms with Gasteiger partial charge >= 0.3 is 0 Å². The summed E-state index contributed by atoms with van der Waals surface area (Å²) in [6.45, 7) is 1.17. The minimum Gasteiger partial charge on any atom is -0.338 e. The molecule has 1 aliphatic rings. The zero-order valence-corrected chi connectivity index (χ0v) is 6.41. The van der Waals surface area contributed by atoms with E-state index in [9.17, 15) is 0 Å². The van der Waals surface area contributed by atoms with Crippen molar-refractivity contribution in [1.82, 2.24) is 4.90 Å². The van der Waals surface area contributed by atoms with E-state index in [4.69, 9.17) is 15.2 Å². The fourth-order valence-electron chi connectivity index (χ4n) is 0.806. The van der Waals surface area contributed by atoms with Crippen LogP contribution in [0.15, 0.2) is 0 Å². The van der Waals surface area contributed by atoms with Crippen molar-refractivity contribution in [2.75, 3.05) is 27.3 Å². The van der Waals surface area contributed by atoms with Crippen LogP contribution in [0.3, 0.4) is 0 Å². The highest BCUT2D eigenvalue weighted by atomic mass is 16.7. The lowest BCUT2D eigenvalue weighted by atomic mass is 10.3. The van der Waals surface area contributed by atoms with E-state index in [0.29, 0.717) is 13.2 Å². The monoisotopic (exact) mass is 146 g/mol. The third kappa shape index (κ3) is 1.91. The van der Waals surface area contributed by atoms with Gasteiger partial charge in [0.2, 0.25) is 6.41 Å². The Kier molecular flexibility index (Phi) is 2.62. The summed E-state index contributed by atoms with van der Waals surface area (Å²) < 4.78 is 10.5. The first-order valence-electron chi connectivity index (χ1n) is 3.35. The summed E-state index contributed by atoms with van der Waals surface area (Å²) in [5.74, 6) is 0. The second-order valence-corrected chi connectivity index (χ2v) is 2.70. The zero-order chi connectivity index (χ0) is 7.56. The van der Waals surface area contributed by atoms with Crippen molar-refractivity contribution in [2.45, 2.75) is 12.5 Å². The third-order valence-electron chi connectivity index (χ3n) is 1.33. The molecule has 0 amide bonds. The largest absolute Gasteiger partial charge is 0.338 e. The molecule has 1 saturated heterocycles. The summed E-state index contributed by atoms with van der Waals surface area (Å²) in [6.07, 6.45) is -0.209. The van der Waals surface area contributed by atoms with Crippen molar-refractivity contribution >= 4 is 0 Å². The van der Waals surface area contributed by atoms with E-state index in [-0.39, 0.29) is 12.5 Å². The van der Waals surface area contributed by atoms with Crippen LogP contribution in [-0.4, -0.2) is 44.7 Å². The number of nitrogens with two attached hydrogens (primary N) is 1. The molecule has 60 valence electrons. The van der Waals surface area contributed by atoms with Gasteiger partial charge in [-0.25, -0.2) is 0 Å². The van der Waals surface area contributed by atoms with Crippen molar-refractivity contribution < 1.29 is 9.47 Å². The van der Waals surface area contributed by atoms with Crippen LogP contribution < -0.4 is 5.73 Å². The first kappa shape index (κ1) is 7.94. The van der Waals surface area contributed by atoms with Crippen molar-refractivity contribution in [1.29, 1.82) is 0 Å². The van der Waals surface area contributed by atoms with Crippen molar-refractivity contribution in [3.05, 3.63) is 0 Å². The summed E-state index contributed by atoms with van der Waals surface area (Å²) in [6, 6.07) is 0.0381. The van der Waals surface area contributed by atoms with Gasteiger partial charge in [0, 0.05) is 0 Å². The van der Waals surface area contributed by atoms with Gasteiger partial charge in [-0.2, -0.15) is 0 Å². The van der Waals surface area contributed by atoms with Gasteiger partial charge in [-0.3, -0.25) is 4.90 Å². The quantitative estimate of drug-likeness (QED) is 0.526. The Morgan fingerprint density at radius 2 is 1.80 bits per heavy atom.